The van der Waals surface area contributed by atoms with Crippen LogP contribution in [0.25, 0.3) is 0 Å². The minimum atomic E-state index is -0.103. The zero-order chi connectivity index (χ0) is 11.8. The predicted molar refractivity (Wildman–Crippen MR) is 61.4 cm³/mol. The first-order valence-electron chi connectivity index (χ1n) is 5.79. The molecule has 0 amide bonds. The van der Waals surface area contributed by atoms with E-state index >= 15 is 0 Å². The molecule has 0 aromatic heterocycles. The molecule has 1 fully saturated rings. The van der Waals surface area contributed by atoms with Gasteiger partial charge in [-0.3, -0.25) is 9.69 Å². The maximum atomic E-state index is 11.4. The van der Waals surface area contributed by atoms with Gasteiger partial charge in [-0.25, -0.2) is 0 Å². The average molecular weight is 230 g/mol. The SMILES string of the molecule is CN(C)CCOC(=O)CCN1CCOCC1. The third-order valence-electron chi connectivity index (χ3n) is 2.54. The lowest BCUT2D eigenvalue weighted by Gasteiger charge is -2.26. The number of ether oxygens (including phenoxy) is 2. The molecule has 0 N–H and O–H groups in total. The van der Waals surface area contributed by atoms with Crippen molar-refractivity contribution in [1.82, 2.24) is 9.80 Å². The standard InChI is InChI=1S/C11H22N2O3/c1-12(2)5-10-16-11(14)3-4-13-6-8-15-9-7-13/h3-10H2,1-2H3. The van der Waals surface area contributed by atoms with Crippen LogP contribution < -0.4 is 0 Å². The van der Waals surface area contributed by atoms with E-state index in [2.05, 4.69) is 4.90 Å². The number of morpholine rings is 1. The molecule has 5 heteroatoms. The third-order valence-corrected chi connectivity index (χ3v) is 2.54. The molecule has 0 unspecified atom stereocenters. The lowest BCUT2D eigenvalue weighted by molar-refractivity contribution is -0.144. The van der Waals surface area contributed by atoms with Crippen LogP contribution >= 0.6 is 0 Å². The summed E-state index contributed by atoms with van der Waals surface area (Å²) in [6.45, 7) is 5.43. The first kappa shape index (κ1) is 13.4. The molecular weight excluding hydrogens is 208 g/mol. The molecule has 0 aromatic carbocycles. The van der Waals surface area contributed by atoms with Crippen LogP contribution in [0.2, 0.25) is 0 Å². The van der Waals surface area contributed by atoms with E-state index < -0.39 is 0 Å². The van der Waals surface area contributed by atoms with Crippen LogP contribution in [-0.4, -0.2) is 75.9 Å². The van der Waals surface area contributed by atoms with Crippen molar-refractivity contribution in [2.45, 2.75) is 6.42 Å². The number of carbonyl (C=O) groups excluding carboxylic acids is 1. The average Bonchev–Trinajstić information content (AvgIpc) is 2.27. The van der Waals surface area contributed by atoms with Gasteiger partial charge in [0, 0.05) is 26.2 Å². The molecule has 1 aliphatic heterocycles. The van der Waals surface area contributed by atoms with Crippen molar-refractivity contribution in [2.75, 3.05) is 60.1 Å². The van der Waals surface area contributed by atoms with Crippen LogP contribution in [0.3, 0.4) is 0 Å². The molecule has 0 saturated carbocycles. The van der Waals surface area contributed by atoms with E-state index in [1.54, 1.807) is 0 Å². The van der Waals surface area contributed by atoms with E-state index in [0.717, 1.165) is 39.4 Å². The lowest BCUT2D eigenvalue weighted by Crippen LogP contribution is -2.37. The maximum Gasteiger partial charge on any atom is 0.307 e. The van der Waals surface area contributed by atoms with Gasteiger partial charge >= 0.3 is 5.97 Å². The van der Waals surface area contributed by atoms with E-state index in [4.69, 9.17) is 9.47 Å². The molecule has 0 aromatic rings. The molecular formula is C11H22N2O3. The minimum Gasteiger partial charge on any atom is -0.464 e. The highest BCUT2D eigenvalue weighted by molar-refractivity contribution is 5.69. The number of esters is 1. The van der Waals surface area contributed by atoms with Crippen molar-refractivity contribution < 1.29 is 14.3 Å². The molecule has 1 aliphatic rings. The van der Waals surface area contributed by atoms with E-state index in [0.29, 0.717) is 13.0 Å². The Balaban J connectivity index is 2.00. The molecule has 16 heavy (non-hydrogen) atoms. The van der Waals surface area contributed by atoms with Gasteiger partial charge in [0.25, 0.3) is 0 Å². The van der Waals surface area contributed by atoms with Crippen LogP contribution in [0.5, 0.6) is 0 Å². The van der Waals surface area contributed by atoms with E-state index in [9.17, 15) is 4.79 Å². The summed E-state index contributed by atoms with van der Waals surface area (Å²) < 4.78 is 10.3. The first-order chi connectivity index (χ1) is 7.68. The van der Waals surface area contributed by atoms with Crippen LogP contribution in [0.15, 0.2) is 0 Å². The zero-order valence-electron chi connectivity index (χ0n) is 10.3. The molecule has 5 nitrogen and oxygen atoms in total. The Kier molecular flexibility index (Phi) is 6.37. The summed E-state index contributed by atoms with van der Waals surface area (Å²) in [7, 11) is 3.92. The topological polar surface area (TPSA) is 42.0 Å². The van der Waals surface area contributed by atoms with Gasteiger partial charge in [-0.1, -0.05) is 0 Å². The molecule has 0 atom stereocenters. The van der Waals surface area contributed by atoms with Crippen molar-refractivity contribution in [3.05, 3.63) is 0 Å². The Morgan fingerprint density at radius 2 is 2.06 bits per heavy atom. The second kappa shape index (κ2) is 7.60. The van der Waals surface area contributed by atoms with Crippen LogP contribution in [-0.2, 0) is 14.3 Å². The van der Waals surface area contributed by atoms with Gasteiger partial charge in [0.15, 0.2) is 0 Å². The van der Waals surface area contributed by atoms with Crippen molar-refractivity contribution in [2.24, 2.45) is 0 Å². The van der Waals surface area contributed by atoms with Gasteiger partial charge < -0.3 is 14.4 Å². The summed E-state index contributed by atoms with van der Waals surface area (Å²) in [5.74, 6) is -0.103. The van der Waals surface area contributed by atoms with Crippen LogP contribution in [0.1, 0.15) is 6.42 Å². The largest absolute Gasteiger partial charge is 0.464 e. The molecule has 0 aliphatic carbocycles. The molecule has 1 rings (SSSR count). The van der Waals surface area contributed by atoms with Crippen molar-refractivity contribution in [1.29, 1.82) is 0 Å². The minimum absolute atomic E-state index is 0.103. The Morgan fingerprint density at radius 1 is 1.38 bits per heavy atom. The van der Waals surface area contributed by atoms with Crippen molar-refractivity contribution in [3.63, 3.8) is 0 Å². The van der Waals surface area contributed by atoms with Gasteiger partial charge in [0.2, 0.25) is 0 Å². The summed E-state index contributed by atoms with van der Waals surface area (Å²) >= 11 is 0. The van der Waals surface area contributed by atoms with E-state index in [1.807, 2.05) is 19.0 Å². The fourth-order valence-corrected chi connectivity index (χ4v) is 1.49. The molecule has 1 heterocycles. The molecule has 0 bridgehead atoms. The summed E-state index contributed by atoms with van der Waals surface area (Å²) in [6, 6.07) is 0. The Bertz CT molecular complexity index is 203. The first-order valence-corrected chi connectivity index (χ1v) is 5.79. The van der Waals surface area contributed by atoms with Gasteiger partial charge in [-0.05, 0) is 14.1 Å². The molecule has 0 radical (unpaired) electrons. The monoisotopic (exact) mass is 230 g/mol. The Morgan fingerprint density at radius 3 is 2.69 bits per heavy atom. The molecule has 0 spiro atoms. The maximum absolute atomic E-state index is 11.4. The molecule has 94 valence electrons. The third kappa shape index (κ3) is 6.05. The summed E-state index contributed by atoms with van der Waals surface area (Å²) in [4.78, 5) is 15.6. The van der Waals surface area contributed by atoms with Crippen molar-refractivity contribution in [3.8, 4) is 0 Å². The molecule has 1 saturated heterocycles. The number of rotatable bonds is 6. The highest BCUT2D eigenvalue weighted by atomic mass is 16.5. The normalized spacial score (nSPS) is 17.7. The second-order valence-corrected chi connectivity index (χ2v) is 4.23. The fourth-order valence-electron chi connectivity index (χ4n) is 1.49. The lowest BCUT2D eigenvalue weighted by atomic mass is 10.3. The highest BCUT2D eigenvalue weighted by Crippen LogP contribution is 1.99. The summed E-state index contributed by atoms with van der Waals surface area (Å²) in [5.41, 5.74) is 0. The number of nitrogens with zero attached hydrogens (tertiary/aromatic N) is 2. The predicted octanol–water partition coefficient (Wildman–Crippen LogP) is -0.186. The summed E-state index contributed by atoms with van der Waals surface area (Å²) in [6.07, 6.45) is 0.480. The van der Waals surface area contributed by atoms with Gasteiger partial charge in [0.05, 0.1) is 19.6 Å². The smallest absolute Gasteiger partial charge is 0.307 e. The van der Waals surface area contributed by atoms with E-state index in [-0.39, 0.29) is 5.97 Å². The zero-order valence-corrected chi connectivity index (χ0v) is 10.3. The number of likely N-dealkylation sites (N-methyl/N-ethyl adjacent to an activating group) is 1. The van der Waals surface area contributed by atoms with Gasteiger partial charge in [0.1, 0.15) is 6.61 Å². The second-order valence-electron chi connectivity index (χ2n) is 4.23. The van der Waals surface area contributed by atoms with Gasteiger partial charge in [-0.2, -0.15) is 0 Å². The number of hydrogen-bond donors (Lipinski definition) is 0. The van der Waals surface area contributed by atoms with E-state index in [1.165, 1.54) is 0 Å². The number of hydrogen-bond acceptors (Lipinski definition) is 5. The van der Waals surface area contributed by atoms with Crippen molar-refractivity contribution >= 4 is 5.97 Å². The van der Waals surface area contributed by atoms with Crippen LogP contribution in [0.4, 0.5) is 0 Å². The van der Waals surface area contributed by atoms with Crippen LogP contribution in [0, 0.1) is 0 Å². The Labute approximate surface area is 97.3 Å². The van der Waals surface area contributed by atoms with Gasteiger partial charge in [-0.15, -0.1) is 0 Å². The quantitative estimate of drug-likeness (QED) is 0.592. The summed E-state index contributed by atoms with van der Waals surface area (Å²) in [5, 5.41) is 0. The fraction of sp³-hybridized carbons (Fsp3) is 0.909. The highest BCUT2D eigenvalue weighted by Gasteiger charge is 2.12. The Hall–Kier alpha value is -0.650. The number of carbonyl (C=O) groups is 1.